The highest BCUT2D eigenvalue weighted by Gasteiger charge is 2.27. The predicted molar refractivity (Wildman–Crippen MR) is 66.3 cm³/mol. The molecular weight excluding hydrogens is 256 g/mol. The fourth-order valence-electron chi connectivity index (χ4n) is 1.92. The number of carbonyl (C=O) groups excluding carboxylic acids is 1. The average Bonchev–Trinajstić information content (AvgIpc) is 2.38. The van der Waals surface area contributed by atoms with Crippen LogP contribution in [-0.2, 0) is 20.8 Å². The van der Waals surface area contributed by atoms with E-state index in [-0.39, 0.29) is 5.97 Å². The number of nitrogens with zero attached hydrogens (tertiary/aromatic N) is 2. The molecule has 6 heteroatoms. The number of carbonyl (C=O) groups is 1. The quantitative estimate of drug-likeness (QED) is 0.608. The fraction of sp³-hybridized carbons (Fsp3) is 0.500. The lowest BCUT2D eigenvalue weighted by Gasteiger charge is -2.31. The van der Waals surface area contributed by atoms with Gasteiger partial charge in [-0.1, -0.05) is 11.6 Å². The van der Waals surface area contributed by atoms with Gasteiger partial charge in [0.25, 0.3) is 0 Å². The Morgan fingerprint density at radius 3 is 3.28 bits per heavy atom. The molecule has 1 aromatic heterocycles. The van der Waals surface area contributed by atoms with Gasteiger partial charge in [-0.15, -0.1) is 0 Å². The van der Waals surface area contributed by atoms with E-state index in [1.54, 1.807) is 6.20 Å². The number of esters is 1. The second-order valence-electron chi connectivity index (χ2n) is 4.10. The van der Waals surface area contributed by atoms with Crippen molar-refractivity contribution in [2.45, 2.75) is 12.6 Å². The van der Waals surface area contributed by atoms with Crippen molar-refractivity contribution in [1.29, 1.82) is 0 Å². The van der Waals surface area contributed by atoms with Crippen LogP contribution in [0.2, 0.25) is 5.15 Å². The number of methoxy groups -OCH3 is 1. The third-order valence-electron chi connectivity index (χ3n) is 2.81. The molecule has 18 heavy (non-hydrogen) atoms. The van der Waals surface area contributed by atoms with Crippen LogP contribution in [0.3, 0.4) is 0 Å². The zero-order chi connectivity index (χ0) is 13.0. The SMILES string of the molecule is COC(=O)C1CN(Cc2ccnc(Cl)c2)CCO1. The van der Waals surface area contributed by atoms with Crippen molar-refractivity contribution < 1.29 is 14.3 Å². The molecule has 1 atom stereocenters. The van der Waals surface area contributed by atoms with Gasteiger partial charge in [-0.05, 0) is 17.7 Å². The van der Waals surface area contributed by atoms with E-state index in [1.165, 1.54) is 7.11 Å². The second kappa shape index (κ2) is 6.13. The molecule has 0 spiro atoms. The van der Waals surface area contributed by atoms with Crippen LogP contribution < -0.4 is 0 Å². The van der Waals surface area contributed by atoms with Gasteiger partial charge >= 0.3 is 5.97 Å². The minimum absolute atomic E-state index is 0.326. The first-order valence-electron chi connectivity index (χ1n) is 5.71. The Morgan fingerprint density at radius 2 is 2.56 bits per heavy atom. The van der Waals surface area contributed by atoms with Gasteiger partial charge < -0.3 is 9.47 Å². The Hall–Kier alpha value is -1.17. The molecule has 98 valence electrons. The Balaban J connectivity index is 1.95. The number of hydrogen-bond acceptors (Lipinski definition) is 5. The number of morpholine rings is 1. The molecule has 0 saturated carbocycles. The van der Waals surface area contributed by atoms with Crippen molar-refractivity contribution in [2.75, 3.05) is 26.8 Å². The summed E-state index contributed by atoms with van der Waals surface area (Å²) in [6, 6.07) is 3.73. The molecule has 1 aromatic rings. The lowest BCUT2D eigenvalue weighted by molar-refractivity contribution is -0.160. The minimum Gasteiger partial charge on any atom is -0.467 e. The largest absolute Gasteiger partial charge is 0.467 e. The predicted octanol–water partition coefficient (Wildman–Crippen LogP) is 1.11. The van der Waals surface area contributed by atoms with Crippen LogP contribution in [0, 0.1) is 0 Å². The summed E-state index contributed by atoms with van der Waals surface area (Å²) in [5.74, 6) is -0.326. The lowest BCUT2D eigenvalue weighted by atomic mass is 10.2. The molecule has 0 aromatic carbocycles. The lowest BCUT2D eigenvalue weighted by Crippen LogP contribution is -2.46. The number of aromatic nitrogens is 1. The molecule has 0 bridgehead atoms. The van der Waals surface area contributed by atoms with Crippen molar-refractivity contribution in [1.82, 2.24) is 9.88 Å². The van der Waals surface area contributed by atoms with Crippen LogP contribution in [0.15, 0.2) is 18.3 Å². The van der Waals surface area contributed by atoms with E-state index >= 15 is 0 Å². The van der Waals surface area contributed by atoms with Crippen LogP contribution in [-0.4, -0.2) is 48.8 Å². The van der Waals surface area contributed by atoms with Gasteiger partial charge in [0.2, 0.25) is 0 Å². The van der Waals surface area contributed by atoms with E-state index < -0.39 is 6.10 Å². The maximum atomic E-state index is 11.4. The second-order valence-corrected chi connectivity index (χ2v) is 4.49. The number of ether oxygens (including phenoxy) is 2. The van der Waals surface area contributed by atoms with Crippen molar-refractivity contribution in [3.63, 3.8) is 0 Å². The number of rotatable bonds is 3. The first kappa shape index (κ1) is 13.3. The van der Waals surface area contributed by atoms with Gasteiger partial charge in [-0.2, -0.15) is 0 Å². The summed E-state index contributed by atoms with van der Waals surface area (Å²) in [6.07, 6.45) is 1.18. The number of hydrogen-bond donors (Lipinski definition) is 0. The molecule has 2 rings (SSSR count). The zero-order valence-corrected chi connectivity index (χ0v) is 10.9. The van der Waals surface area contributed by atoms with E-state index in [0.717, 1.165) is 18.7 Å². The molecule has 0 aliphatic carbocycles. The van der Waals surface area contributed by atoms with Crippen LogP contribution in [0.1, 0.15) is 5.56 Å². The summed E-state index contributed by atoms with van der Waals surface area (Å²) in [7, 11) is 1.37. The Bertz CT molecular complexity index is 428. The molecular formula is C12H15ClN2O3. The summed E-state index contributed by atoms with van der Waals surface area (Å²) in [5.41, 5.74) is 1.07. The van der Waals surface area contributed by atoms with Gasteiger partial charge in [0.15, 0.2) is 6.10 Å². The van der Waals surface area contributed by atoms with E-state index in [9.17, 15) is 4.79 Å². The third kappa shape index (κ3) is 3.41. The molecule has 1 fully saturated rings. The van der Waals surface area contributed by atoms with E-state index in [2.05, 4.69) is 14.6 Å². The molecule has 1 aliphatic heterocycles. The van der Waals surface area contributed by atoms with Gasteiger partial charge in [0.1, 0.15) is 5.15 Å². The molecule has 0 N–H and O–H groups in total. The number of halogens is 1. The van der Waals surface area contributed by atoms with E-state index in [4.69, 9.17) is 16.3 Å². The summed E-state index contributed by atoms with van der Waals surface area (Å²) in [4.78, 5) is 17.5. The van der Waals surface area contributed by atoms with E-state index in [0.29, 0.717) is 18.3 Å². The van der Waals surface area contributed by atoms with Crippen LogP contribution in [0.25, 0.3) is 0 Å². The summed E-state index contributed by atoms with van der Waals surface area (Å²) < 4.78 is 10.1. The normalized spacial score (nSPS) is 20.7. The monoisotopic (exact) mass is 270 g/mol. The third-order valence-corrected chi connectivity index (χ3v) is 3.02. The van der Waals surface area contributed by atoms with Crippen LogP contribution in [0.4, 0.5) is 0 Å². The highest BCUT2D eigenvalue weighted by atomic mass is 35.5. The van der Waals surface area contributed by atoms with Crippen molar-refractivity contribution in [3.8, 4) is 0 Å². The van der Waals surface area contributed by atoms with Gasteiger partial charge in [-0.3, -0.25) is 4.90 Å². The van der Waals surface area contributed by atoms with Crippen molar-refractivity contribution in [2.24, 2.45) is 0 Å². The maximum absolute atomic E-state index is 11.4. The highest BCUT2D eigenvalue weighted by Crippen LogP contribution is 2.13. The van der Waals surface area contributed by atoms with Gasteiger partial charge in [-0.25, -0.2) is 9.78 Å². The minimum atomic E-state index is -0.499. The summed E-state index contributed by atoms with van der Waals surface area (Å²) >= 11 is 5.84. The molecule has 5 nitrogen and oxygen atoms in total. The molecule has 0 radical (unpaired) electrons. The van der Waals surface area contributed by atoms with Crippen LogP contribution in [0.5, 0.6) is 0 Å². The topological polar surface area (TPSA) is 51.7 Å². The van der Waals surface area contributed by atoms with Gasteiger partial charge in [0, 0.05) is 25.8 Å². The van der Waals surface area contributed by atoms with Gasteiger partial charge in [0.05, 0.1) is 13.7 Å². The first-order valence-corrected chi connectivity index (χ1v) is 6.09. The van der Waals surface area contributed by atoms with Crippen molar-refractivity contribution >= 4 is 17.6 Å². The Labute approximate surface area is 111 Å². The average molecular weight is 271 g/mol. The van der Waals surface area contributed by atoms with Crippen LogP contribution >= 0.6 is 11.6 Å². The Kier molecular flexibility index (Phi) is 4.52. The standard InChI is InChI=1S/C12H15ClN2O3/c1-17-12(16)10-8-15(4-5-18-10)7-9-2-3-14-11(13)6-9/h2-3,6,10H,4-5,7-8H2,1H3. The maximum Gasteiger partial charge on any atom is 0.336 e. The molecule has 0 amide bonds. The molecule has 1 unspecified atom stereocenters. The smallest absolute Gasteiger partial charge is 0.336 e. The van der Waals surface area contributed by atoms with Crippen molar-refractivity contribution in [3.05, 3.63) is 29.0 Å². The molecule has 1 saturated heterocycles. The fourth-order valence-corrected chi connectivity index (χ4v) is 2.12. The number of pyridine rings is 1. The molecule has 2 heterocycles. The first-order chi connectivity index (χ1) is 8.69. The van der Waals surface area contributed by atoms with E-state index in [1.807, 2.05) is 12.1 Å². The highest BCUT2D eigenvalue weighted by molar-refractivity contribution is 6.29. The summed E-state index contributed by atoms with van der Waals surface area (Å²) in [5, 5.41) is 0.477. The Morgan fingerprint density at radius 1 is 1.72 bits per heavy atom. The summed E-state index contributed by atoms with van der Waals surface area (Å²) in [6.45, 7) is 2.57. The molecule has 1 aliphatic rings. The zero-order valence-electron chi connectivity index (χ0n) is 10.1.